The normalized spacial score (nSPS) is 18.2. The fourth-order valence-electron chi connectivity index (χ4n) is 6.09. The van der Waals surface area contributed by atoms with E-state index in [4.69, 9.17) is 18.9 Å². The van der Waals surface area contributed by atoms with Crippen molar-refractivity contribution in [2.45, 2.75) is 121 Å². The zero-order valence-electron chi connectivity index (χ0n) is 32.6. The van der Waals surface area contributed by atoms with Crippen LogP contribution < -0.4 is 21.3 Å². The van der Waals surface area contributed by atoms with Crippen LogP contribution in [0.1, 0.15) is 90.7 Å². The number of alkyl carbamates (subject to hydrolysis) is 1. The Balaban J connectivity index is 1.10. The number of Topliss-reactive ketones (excluding diaryl/α,β-unsaturated/α-hetero) is 2. The summed E-state index contributed by atoms with van der Waals surface area (Å²) in [5, 5.41) is 29.5. The Morgan fingerprint density at radius 2 is 1.67 bits per heavy atom. The van der Waals surface area contributed by atoms with E-state index in [0.717, 1.165) is 30.7 Å². The predicted octanol–water partition coefficient (Wildman–Crippen LogP) is 3.36. The van der Waals surface area contributed by atoms with Crippen LogP contribution >= 0.6 is 11.8 Å². The number of hydrogen-bond acceptors (Lipinski definition) is 13. The molecule has 0 bridgehead atoms. The summed E-state index contributed by atoms with van der Waals surface area (Å²) in [5.74, 6) is -0.648. The van der Waals surface area contributed by atoms with Gasteiger partial charge in [-0.25, -0.2) is 14.3 Å². The summed E-state index contributed by atoms with van der Waals surface area (Å²) < 4.78 is 23.6. The summed E-state index contributed by atoms with van der Waals surface area (Å²) in [6, 6.07) is 0.395. The van der Waals surface area contributed by atoms with Gasteiger partial charge in [-0.2, -0.15) is 11.8 Å². The number of carbonyl (C=O) groups is 5. The lowest BCUT2D eigenvalue weighted by atomic mass is 9.96. The van der Waals surface area contributed by atoms with Crippen molar-refractivity contribution in [1.29, 1.82) is 0 Å². The highest BCUT2D eigenvalue weighted by Gasteiger charge is 2.42. The summed E-state index contributed by atoms with van der Waals surface area (Å²) in [4.78, 5) is 59.7. The van der Waals surface area contributed by atoms with Gasteiger partial charge in [-0.3, -0.25) is 19.7 Å². The summed E-state index contributed by atoms with van der Waals surface area (Å²) in [6.45, 7) is 12.3. The molecule has 0 spiro atoms. The fraction of sp³-hybridized carbons (Fsp3) is 0.757. The lowest BCUT2D eigenvalue weighted by Gasteiger charge is -2.20. The second-order valence-corrected chi connectivity index (χ2v) is 16.0. The molecule has 0 radical (unpaired) electrons. The van der Waals surface area contributed by atoms with Gasteiger partial charge >= 0.3 is 18.1 Å². The number of urea groups is 1. The van der Waals surface area contributed by atoms with E-state index in [2.05, 4.69) is 38.2 Å². The van der Waals surface area contributed by atoms with Crippen molar-refractivity contribution in [2.75, 3.05) is 51.9 Å². The van der Waals surface area contributed by atoms with E-state index in [9.17, 15) is 29.1 Å². The number of carbonyl (C=O) groups excluding carboxylic acids is 4. The number of unbranched alkanes of at least 4 members (excludes halogenated alkanes) is 1. The van der Waals surface area contributed by atoms with Crippen LogP contribution in [0.4, 0.5) is 9.59 Å². The van der Waals surface area contributed by atoms with Crippen molar-refractivity contribution in [3.05, 3.63) is 24.3 Å². The molecule has 1 aromatic heterocycles. The van der Waals surface area contributed by atoms with Gasteiger partial charge in [0.2, 0.25) is 0 Å². The first-order valence-corrected chi connectivity index (χ1v) is 20.3. The highest BCUT2D eigenvalue weighted by Crippen LogP contribution is 2.33. The van der Waals surface area contributed by atoms with Crippen molar-refractivity contribution in [3.8, 4) is 0 Å². The molecule has 0 saturated carbocycles. The number of carboxylic acids is 1. The zero-order chi connectivity index (χ0) is 40.1. The Bertz CT molecular complexity index is 1390. The molecular formula is C37H61N7O10S. The van der Waals surface area contributed by atoms with E-state index in [1.807, 2.05) is 11.8 Å². The van der Waals surface area contributed by atoms with Gasteiger partial charge in [0.15, 0.2) is 0 Å². The number of fused-ring (bicyclic) bond motifs is 1. The highest BCUT2D eigenvalue weighted by atomic mass is 32.2. The molecule has 2 fully saturated rings. The number of nitrogens with zero attached hydrogens (tertiary/aromatic N) is 3. The van der Waals surface area contributed by atoms with Gasteiger partial charge in [0.05, 0.1) is 63.3 Å². The Hall–Kier alpha value is -3.74. The van der Waals surface area contributed by atoms with Gasteiger partial charge in [0.25, 0.3) is 0 Å². The lowest BCUT2D eigenvalue weighted by molar-refractivity contribution is -0.144. The topological polar surface area (TPSA) is 221 Å². The number of aliphatic carboxylic acids is 1. The number of rotatable bonds is 30. The molecule has 2 saturated heterocycles. The zero-order valence-corrected chi connectivity index (χ0v) is 33.4. The second kappa shape index (κ2) is 24.7. The molecule has 2 aliphatic rings. The number of thioether (sulfide) groups is 1. The molecule has 3 amide bonds. The van der Waals surface area contributed by atoms with Crippen LogP contribution in [0, 0.1) is 5.92 Å². The van der Waals surface area contributed by atoms with E-state index in [1.54, 1.807) is 31.6 Å². The van der Waals surface area contributed by atoms with E-state index >= 15 is 0 Å². The number of aromatic nitrogens is 3. The lowest BCUT2D eigenvalue weighted by Crippen LogP contribution is -2.36. The van der Waals surface area contributed by atoms with Gasteiger partial charge in [-0.15, -0.1) is 5.10 Å². The third kappa shape index (κ3) is 19.6. The maximum atomic E-state index is 12.5. The molecule has 55 heavy (non-hydrogen) atoms. The number of ketones is 2. The van der Waals surface area contributed by atoms with Gasteiger partial charge in [0.1, 0.15) is 23.0 Å². The number of nitrogens with one attached hydrogen (secondary N) is 4. The molecule has 18 heteroatoms. The summed E-state index contributed by atoms with van der Waals surface area (Å²) >= 11 is 1.90. The van der Waals surface area contributed by atoms with E-state index in [0.29, 0.717) is 83.5 Å². The van der Waals surface area contributed by atoms with Gasteiger partial charge in [-0.1, -0.05) is 18.2 Å². The van der Waals surface area contributed by atoms with Crippen LogP contribution in [0.3, 0.4) is 0 Å². The van der Waals surface area contributed by atoms with E-state index in [-0.39, 0.29) is 61.3 Å². The SMILES string of the molecule is C=C(NCC[C@H](CC(=O)CCCc1cn(CCOCCOCCOCCCC(=O)CCCC[C@@H]2SC[C@@H]3NC(=O)N[C@@H]32)nn1)C(=O)O)NC(=O)OC(C)(C)C. The number of ether oxygens (including phenoxy) is 4. The monoisotopic (exact) mass is 795 g/mol. The molecule has 3 heterocycles. The maximum Gasteiger partial charge on any atom is 0.413 e. The van der Waals surface area contributed by atoms with Crippen LogP contribution in [-0.4, -0.2) is 125 Å². The molecule has 17 nitrogen and oxygen atoms in total. The van der Waals surface area contributed by atoms with Crippen molar-refractivity contribution in [2.24, 2.45) is 5.92 Å². The summed E-state index contributed by atoms with van der Waals surface area (Å²) in [6.07, 6.45) is 7.25. The van der Waals surface area contributed by atoms with Crippen molar-refractivity contribution < 1.29 is 48.0 Å². The molecular weight excluding hydrogens is 735 g/mol. The molecule has 5 N–H and O–H groups in total. The number of hydrogen-bond donors (Lipinski definition) is 5. The second-order valence-electron chi connectivity index (χ2n) is 14.8. The minimum atomic E-state index is -1.06. The molecule has 0 aliphatic carbocycles. The third-order valence-corrected chi connectivity index (χ3v) is 10.4. The average molecular weight is 796 g/mol. The van der Waals surface area contributed by atoms with E-state index < -0.39 is 23.6 Å². The van der Waals surface area contributed by atoms with Crippen molar-refractivity contribution in [1.82, 2.24) is 36.3 Å². The maximum absolute atomic E-state index is 12.5. The van der Waals surface area contributed by atoms with Crippen LogP contribution in [0.5, 0.6) is 0 Å². The molecule has 4 atom stereocenters. The average Bonchev–Trinajstić information content (AvgIpc) is 3.82. The Morgan fingerprint density at radius 1 is 0.982 bits per heavy atom. The first-order valence-electron chi connectivity index (χ1n) is 19.3. The van der Waals surface area contributed by atoms with E-state index in [1.165, 1.54) is 0 Å². The summed E-state index contributed by atoms with van der Waals surface area (Å²) in [5.41, 5.74) is 0.0764. The third-order valence-electron chi connectivity index (χ3n) is 8.87. The van der Waals surface area contributed by atoms with Gasteiger partial charge in [0, 0.05) is 56.0 Å². The Kier molecular flexibility index (Phi) is 20.5. The number of carboxylic acid groups (broad SMARTS) is 1. The Labute approximate surface area is 328 Å². The predicted molar refractivity (Wildman–Crippen MR) is 205 cm³/mol. The first-order chi connectivity index (χ1) is 26.3. The molecule has 0 unspecified atom stereocenters. The minimum Gasteiger partial charge on any atom is -0.481 e. The minimum absolute atomic E-state index is 0.0645. The molecule has 2 aliphatic heterocycles. The molecule has 3 rings (SSSR count). The highest BCUT2D eigenvalue weighted by molar-refractivity contribution is 8.00. The fourth-order valence-corrected chi connectivity index (χ4v) is 7.64. The summed E-state index contributed by atoms with van der Waals surface area (Å²) in [7, 11) is 0. The smallest absolute Gasteiger partial charge is 0.413 e. The van der Waals surface area contributed by atoms with Crippen molar-refractivity contribution in [3.63, 3.8) is 0 Å². The van der Waals surface area contributed by atoms with Crippen LogP contribution in [0.15, 0.2) is 18.6 Å². The molecule has 0 aromatic carbocycles. The van der Waals surface area contributed by atoms with Crippen LogP contribution in [0.2, 0.25) is 0 Å². The van der Waals surface area contributed by atoms with Crippen LogP contribution in [-0.2, 0) is 46.3 Å². The molecule has 1 aromatic rings. The molecule has 310 valence electrons. The van der Waals surface area contributed by atoms with Gasteiger partial charge < -0.3 is 40.0 Å². The largest absolute Gasteiger partial charge is 0.481 e. The standard InChI is InChI=1S/C37H61N7O10S/c1-26(39-36(50)54-37(2,3)4)38-15-14-27(34(47)48)23-30(46)11-7-9-28-24-44(43-42-28)16-18-52-20-22-53-21-19-51-17-8-12-29(45)10-5-6-13-32-33-31(25-55-32)40-35(49)41-33/h24,27,31-33,38H,1,5-23,25H2,2-4H3,(H,39,50)(H,47,48)(H2,40,41,49)/t27-,31+,32+,33+/m1/s1. The number of amides is 3. The quantitative estimate of drug-likeness (QED) is 0.0557. The Morgan fingerprint density at radius 3 is 2.40 bits per heavy atom. The van der Waals surface area contributed by atoms with Crippen molar-refractivity contribution >= 4 is 41.4 Å². The number of aryl methyl sites for hydroxylation is 1. The van der Waals surface area contributed by atoms with Gasteiger partial charge in [-0.05, 0) is 59.3 Å². The van der Waals surface area contributed by atoms with Crippen LogP contribution in [0.25, 0.3) is 0 Å². The first kappa shape index (κ1) is 45.6.